The number of rotatable bonds is 8. The van der Waals surface area contributed by atoms with Crippen molar-refractivity contribution in [3.05, 3.63) is 23.8 Å². The predicted molar refractivity (Wildman–Crippen MR) is 87.4 cm³/mol. The summed E-state index contributed by atoms with van der Waals surface area (Å²) in [6, 6.07) is 5.90. The highest BCUT2D eigenvalue weighted by molar-refractivity contribution is 5.92. The Morgan fingerprint density at radius 1 is 1.48 bits per heavy atom. The van der Waals surface area contributed by atoms with Crippen LogP contribution in [0.5, 0.6) is 0 Å². The number of carbonyl (C=O) groups excluding carboxylic acids is 1. The van der Waals surface area contributed by atoms with Crippen molar-refractivity contribution in [1.29, 1.82) is 0 Å². The number of likely N-dealkylation sites (N-methyl/N-ethyl adjacent to an activating group) is 1. The molecule has 0 saturated heterocycles. The number of ether oxygens (including phenoxy) is 1. The van der Waals surface area contributed by atoms with Gasteiger partial charge >= 0.3 is 0 Å². The van der Waals surface area contributed by atoms with Gasteiger partial charge in [-0.05, 0) is 51.6 Å². The Hall–Kier alpha value is -1.59. The lowest BCUT2D eigenvalue weighted by Crippen LogP contribution is -2.33. The minimum Gasteiger partial charge on any atom is -0.398 e. The fourth-order valence-electron chi connectivity index (χ4n) is 2.08. The average Bonchev–Trinajstić information content (AvgIpc) is 2.44. The Balaban J connectivity index is 2.36. The van der Waals surface area contributed by atoms with E-state index in [2.05, 4.69) is 17.1 Å². The molecule has 1 rings (SSSR count). The zero-order valence-electron chi connectivity index (χ0n) is 13.5. The molecule has 0 saturated carbocycles. The van der Waals surface area contributed by atoms with Gasteiger partial charge in [-0.15, -0.1) is 0 Å². The van der Waals surface area contributed by atoms with Gasteiger partial charge in [-0.3, -0.25) is 4.79 Å². The number of nitrogens with zero attached hydrogens (tertiary/aromatic N) is 1. The van der Waals surface area contributed by atoms with Crippen molar-refractivity contribution in [1.82, 2.24) is 4.90 Å². The molecule has 1 amide bonds. The smallest absolute Gasteiger partial charge is 0.224 e. The number of nitrogens with one attached hydrogen (secondary N) is 1. The minimum absolute atomic E-state index is 0.0245. The van der Waals surface area contributed by atoms with E-state index in [-0.39, 0.29) is 5.91 Å². The van der Waals surface area contributed by atoms with Crippen LogP contribution in [0.2, 0.25) is 0 Å². The topological polar surface area (TPSA) is 67.6 Å². The first-order chi connectivity index (χ1) is 9.95. The number of carbonyl (C=O) groups is 1. The minimum atomic E-state index is 0.0245. The Morgan fingerprint density at radius 3 is 2.86 bits per heavy atom. The highest BCUT2D eigenvalue weighted by Crippen LogP contribution is 2.20. The standard InChI is InChI=1S/C16H27N3O2/c1-12(11-21-4)19(3)10-6-9-16(20)18-15-8-5-7-14(17)13(15)2/h5,7-8,12H,6,9-11,17H2,1-4H3,(H,18,20). The molecule has 1 aromatic rings. The Labute approximate surface area is 127 Å². The van der Waals surface area contributed by atoms with E-state index in [1.807, 2.05) is 32.2 Å². The van der Waals surface area contributed by atoms with Crippen LogP contribution in [0.25, 0.3) is 0 Å². The summed E-state index contributed by atoms with van der Waals surface area (Å²) in [6.07, 6.45) is 1.32. The second kappa shape index (κ2) is 8.64. The molecule has 118 valence electrons. The van der Waals surface area contributed by atoms with Crippen molar-refractivity contribution in [2.75, 3.05) is 38.4 Å². The average molecular weight is 293 g/mol. The van der Waals surface area contributed by atoms with E-state index in [4.69, 9.17) is 10.5 Å². The summed E-state index contributed by atoms with van der Waals surface area (Å²) in [5.74, 6) is 0.0245. The zero-order chi connectivity index (χ0) is 15.8. The molecule has 3 N–H and O–H groups in total. The third kappa shape index (κ3) is 5.73. The van der Waals surface area contributed by atoms with E-state index >= 15 is 0 Å². The van der Waals surface area contributed by atoms with Gasteiger partial charge in [0.2, 0.25) is 5.91 Å². The van der Waals surface area contributed by atoms with Gasteiger partial charge in [0, 0.05) is 30.9 Å². The molecule has 1 aromatic carbocycles. The van der Waals surface area contributed by atoms with Gasteiger partial charge in [0.15, 0.2) is 0 Å². The molecule has 0 aromatic heterocycles. The maximum Gasteiger partial charge on any atom is 0.224 e. The quantitative estimate of drug-likeness (QED) is 0.722. The lowest BCUT2D eigenvalue weighted by molar-refractivity contribution is -0.116. The van der Waals surface area contributed by atoms with Crippen LogP contribution in [0.1, 0.15) is 25.3 Å². The number of methoxy groups -OCH3 is 1. The first kappa shape index (κ1) is 17.5. The molecular weight excluding hydrogens is 266 g/mol. The van der Waals surface area contributed by atoms with Crippen LogP contribution in [-0.4, -0.2) is 44.2 Å². The molecule has 0 bridgehead atoms. The van der Waals surface area contributed by atoms with Crippen LogP contribution in [0.15, 0.2) is 18.2 Å². The SMILES string of the molecule is COCC(C)N(C)CCCC(=O)Nc1cccc(N)c1C. The van der Waals surface area contributed by atoms with Gasteiger partial charge in [-0.25, -0.2) is 0 Å². The first-order valence-electron chi connectivity index (χ1n) is 7.29. The number of benzene rings is 1. The van der Waals surface area contributed by atoms with Gasteiger partial charge in [-0.2, -0.15) is 0 Å². The Morgan fingerprint density at radius 2 is 2.19 bits per heavy atom. The van der Waals surface area contributed by atoms with Crippen LogP contribution in [0.4, 0.5) is 11.4 Å². The number of anilines is 2. The van der Waals surface area contributed by atoms with Gasteiger partial charge in [0.1, 0.15) is 0 Å². The van der Waals surface area contributed by atoms with Crippen molar-refractivity contribution in [3.63, 3.8) is 0 Å². The summed E-state index contributed by atoms with van der Waals surface area (Å²) >= 11 is 0. The molecule has 5 nitrogen and oxygen atoms in total. The zero-order valence-corrected chi connectivity index (χ0v) is 13.5. The number of nitrogen functional groups attached to an aromatic ring is 1. The molecule has 1 atom stereocenters. The van der Waals surface area contributed by atoms with Crippen molar-refractivity contribution < 1.29 is 9.53 Å². The van der Waals surface area contributed by atoms with E-state index < -0.39 is 0 Å². The Bertz CT molecular complexity index is 463. The van der Waals surface area contributed by atoms with Gasteiger partial charge in [0.25, 0.3) is 0 Å². The van der Waals surface area contributed by atoms with Crippen LogP contribution in [0, 0.1) is 6.92 Å². The highest BCUT2D eigenvalue weighted by atomic mass is 16.5. The monoisotopic (exact) mass is 293 g/mol. The molecule has 0 radical (unpaired) electrons. The summed E-state index contributed by atoms with van der Waals surface area (Å²) in [4.78, 5) is 14.2. The molecule has 21 heavy (non-hydrogen) atoms. The van der Waals surface area contributed by atoms with Crippen molar-refractivity contribution >= 4 is 17.3 Å². The van der Waals surface area contributed by atoms with Crippen molar-refractivity contribution in [3.8, 4) is 0 Å². The largest absolute Gasteiger partial charge is 0.398 e. The van der Waals surface area contributed by atoms with E-state index in [0.29, 0.717) is 24.8 Å². The summed E-state index contributed by atoms with van der Waals surface area (Å²) in [5, 5.41) is 2.92. The van der Waals surface area contributed by atoms with Gasteiger partial charge < -0.3 is 20.7 Å². The number of hydrogen-bond donors (Lipinski definition) is 2. The van der Waals surface area contributed by atoms with Crippen molar-refractivity contribution in [2.45, 2.75) is 32.7 Å². The lowest BCUT2D eigenvalue weighted by Gasteiger charge is -2.23. The van der Waals surface area contributed by atoms with E-state index in [1.54, 1.807) is 7.11 Å². The summed E-state index contributed by atoms with van der Waals surface area (Å²) < 4.78 is 5.12. The molecular formula is C16H27N3O2. The first-order valence-corrected chi connectivity index (χ1v) is 7.29. The second-order valence-electron chi connectivity index (χ2n) is 5.46. The van der Waals surface area contributed by atoms with Crippen LogP contribution >= 0.6 is 0 Å². The van der Waals surface area contributed by atoms with E-state index in [0.717, 1.165) is 24.2 Å². The fraction of sp³-hybridized carbons (Fsp3) is 0.562. The molecule has 0 aliphatic carbocycles. The number of hydrogen-bond acceptors (Lipinski definition) is 4. The Kier molecular flexibility index (Phi) is 7.19. The van der Waals surface area contributed by atoms with E-state index in [1.165, 1.54) is 0 Å². The van der Waals surface area contributed by atoms with Crippen LogP contribution in [-0.2, 0) is 9.53 Å². The normalized spacial score (nSPS) is 12.4. The highest BCUT2D eigenvalue weighted by Gasteiger charge is 2.10. The number of amides is 1. The second-order valence-corrected chi connectivity index (χ2v) is 5.46. The molecule has 0 aliphatic heterocycles. The molecule has 5 heteroatoms. The number of nitrogens with two attached hydrogens (primary N) is 1. The molecule has 1 unspecified atom stereocenters. The maximum atomic E-state index is 12.0. The molecule has 0 spiro atoms. The maximum absolute atomic E-state index is 12.0. The van der Waals surface area contributed by atoms with Crippen LogP contribution < -0.4 is 11.1 Å². The third-order valence-electron chi connectivity index (χ3n) is 3.72. The third-order valence-corrected chi connectivity index (χ3v) is 3.72. The van der Waals surface area contributed by atoms with E-state index in [9.17, 15) is 4.79 Å². The van der Waals surface area contributed by atoms with Gasteiger partial charge in [0.05, 0.1) is 6.61 Å². The summed E-state index contributed by atoms with van der Waals surface area (Å²) in [6.45, 7) is 5.59. The molecule has 0 heterocycles. The van der Waals surface area contributed by atoms with Crippen molar-refractivity contribution in [2.24, 2.45) is 0 Å². The fourth-order valence-corrected chi connectivity index (χ4v) is 2.08. The lowest BCUT2D eigenvalue weighted by atomic mass is 10.1. The summed E-state index contributed by atoms with van der Waals surface area (Å²) in [5.41, 5.74) is 8.23. The molecule has 0 aliphatic rings. The summed E-state index contributed by atoms with van der Waals surface area (Å²) in [7, 11) is 3.75. The molecule has 0 fully saturated rings. The van der Waals surface area contributed by atoms with Crippen LogP contribution in [0.3, 0.4) is 0 Å². The predicted octanol–water partition coefficient (Wildman–Crippen LogP) is 2.26. The van der Waals surface area contributed by atoms with Gasteiger partial charge in [-0.1, -0.05) is 6.07 Å².